The van der Waals surface area contributed by atoms with Crippen molar-refractivity contribution in [3.63, 3.8) is 0 Å². The van der Waals surface area contributed by atoms with Gasteiger partial charge in [0.25, 0.3) is 0 Å². The Morgan fingerprint density at radius 1 is 1.17 bits per heavy atom. The molecule has 0 N–H and O–H groups in total. The summed E-state index contributed by atoms with van der Waals surface area (Å²) in [7, 11) is 0. The molecule has 6 heteroatoms. The standard InChI is InChI=1S/C12H18N6/c1-9(2)18(10(3)4)12-14-6-5-11(16-12)17-8-13-7-15-17/h5-10H,1-4H3. The molecular weight excluding hydrogens is 228 g/mol. The second-order valence-corrected chi connectivity index (χ2v) is 4.65. The molecule has 0 aliphatic rings. The molecule has 0 saturated carbocycles. The zero-order valence-corrected chi connectivity index (χ0v) is 11.1. The quantitative estimate of drug-likeness (QED) is 0.821. The molecule has 2 aromatic heterocycles. The monoisotopic (exact) mass is 246 g/mol. The number of anilines is 1. The van der Waals surface area contributed by atoms with Crippen LogP contribution in [0.2, 0.25) is 0 Å². The highest BCUT2D eigenvalue weighted by Gasteiger charge is 2.17. The third kappa shape index (κ3) is 2.47. The van der Waals surface area contributed by atoms with Crippen LogP contribution in [0.5, 0.6) is 0 Å². The van der Waals surface area contributed by atoms with Gasteiger partial charge in [0.1, 0.15) is 12.7 Å². The zero-order valence-electron chi connectivity index (χ0n) is 11.1. The molecule has 2 rings (SSSR count). The number of hydrogen-bond donors (Lipinski definition) is 0. The van der Waals surface area contributed by atoms with Crippen LogP contribution in [0.25, 0.3) is 5.82 Å². The van der Waals surface area contributed by atoms with E-state index >= 15 is 0 Å². The van der Waals surface area contributed by atoms with Gasteiger partial charge in [-0.1, -0.05) is 0 Å². The molecule has 2 heterocycles. The molecule has 0 fully saturated rings. The van der Waals surface area contributed by atoms with Crippen molar-refractivity contribution in [3.8, 4) is 5.82 Å². The van der Waals surface area contributed by atoms with Gasteiger partial charge in [-0.2, -0.15) is 10.1 Å². The van der Waals surface area contributed by atoms with E-state index in [0.717, 1.165) is 5.82 Å². The maximum atomic E-state index is 4.53. The normalized spacial score (nSPS) is 11.2. The van der Waals surface area contributed by atoms with Crippen LogP contribution in [-0.2, 0) is 0 Å². The van der Waals surface area contributed by atoms with Gasteiger partial charge >= 0.3 is 0 Å². The van der Waals surface area contributed by atoms with Gasteiger partial charge in [-0.25, -0.2) is 14.6 Å². The predicted molar refractivity (Wildman–Crippen MR) is 69.7 cm³/mol. The van der Waals surface area contributed by atoms with Gasteiger partial charge in [-0.3, -0.25) is 0 Å². The molecular formula is C12H18N6. The molecule has 0 atom stereocenters. The molecule has 0 spiro atoms. The van der Waals surface area contributed by atoms with Crippen molar-refractivity contribution in [2.75, 3.05) is 4.90 Å². The number of nitrogens with zero attached hydrogens (tertiary/aromatic N) is 6. The molecule has 0 aliphatic carbocycles. The smallest absolute Gasteiger partial charge is 0.227 e. The van der Waals surface area contributed by atoms with Gasteiger partial charge in [0.05, 0.1) is 0 Å². The predicted octanol–water partition coefficient (Wildman–Crippen LogP) is 1.68. The minimum absolute atomic E-state index is 0.344. The Hall–Kier alpha value is -1.98. The molecule has 6 nitrogen and oxygen atoms in total. The van der Waals surface area contributed by atoms with E-state index in [4.69, 9.17) is 0 Å². The molecule has 0 aliphatic heterocycles. The van der Waals surface area contributed by atoms with Crippen molar-refractivity contribution in [2.45, 2.75) is 39.8 Å². The van der Waals surface area contributed by atoms with Crippen LogP contribution in [0, 0.1) is 0 Å². The number of hydrogen-bond acceptors (Lipinski definition) is 5. The third-order valence-electron chi connectivity index (χ3n) is 2.63. The summed E-state index contributed by atoms with van der Waals surface area (Å²) in [6, 6.07) is 2.50. The van der Waals surface area contributed by atoms with Crippen molar-refractivity contribution in [1.82, 2.24) is 24.7 Å². The molecule has 18 heavy (non-hydrogen) atoms. The minimum atomic E-state index is 0.344. The first kappa shape index (κ1) is 12.5. The molecule has 0 amide bonds. The largest absolute Gasteiger partial charge is 0.336 e. The summed E-state index contributed by atoms with van der Waals surface area (Å²) < 4.78 is 1.63. The van der Waals surface area contributed by atoms with Crippen molar-refractivity contribution >= 4 is 5.95 Å². The van der Waals surface area contributed by atoms with E-state index in [1.54, 1.807) is 17.2 Å². The van der Waals surface area contributed by atoms with Crippen LogP contribution in [0.3, 0.4) is 0 Å². The Morgan fingerprint density at radius 3 is 2.44 bits per heavy atom. The van der Waals surface area contributed by atoms with Crippen molar-refractivity contribution in [3.05, 3.63) is 24.9 Å². The third-order valence-corrected chi connectivity index (χ3v) is 2.63. The second-order valence-electron chi connectivity index (χ2n) is 4.65. The summed E-state index contributed by atoms with van der Waals surface area (Å²) >= 11 is 0. The Kier molecular flexibility index (Phi) is 3.55. The molecule has 0 unspecified atom stereocenters. The highest BCUT2D eigenvalue weighted by molar-refractivity contribution is 5.36. The lowest BCUT2D eigenvalue weighted by atomic mass is 10.2. The fourth-order valence-corrected chi connectivity index (χ4v) is 1.98. The van der Waals surface area contributed by atoms with Gasteiger partial charge in [-0.05, 0) is 27.7 Å². The summed E-state index contributed by atoms with van der Waals surface area (Å²) in [5.74, 6) is 1.44. The Morgan fingerprint density at radius 2 is 1.89 bits per heavy atom. The summed E-state index contributed by atoms with van der Waals surface area (Å²) in [5, 5.41) is 4.07. The molecule has 0 saturated heterocycles. The van der Waals surface area contributed by atoms with E-state index in [1.165, 1.54) is 6.33 Å². The zero-order chi connectivity index (χ0) is 13.1. The van der Waals surface area contributed by atoms with Gasteiger partial charge < -0.3 is 4.90 Å². The Balaban J connectivity index is 2.37. The van der Waals surface area contributed by atoms with Crippen molar-refractivity contribution < 1.29 is 0 Å². The van der Waals surface area contributed by atoms with E-state index in [-0.39, 0.29) is 0 Å². The van der Waals surface area contributed by atoms with E-state index in [2.05, 4.69) is 52.6 Å². The van der Waals surface area contributed by atoms with E-state index < -0.39 is 0 Å². The molecule has 96 valence electrons. The van der Waals surface area contributed by atoms with Gasteiger partial charge in [0.2, 0.25) is 5.95 Å². The maximum Gasteiger partial charge on any atom is 0.227 e. The first-order valence-corrected chi connectivity index (χ1v) is 6.06. The van der Waals surface area contributed by atoms with Gasteiger partial charge in [0, 0.05) is 24.3 Å². The van der Waals surface area contributed by atoms with Crippen LogP contribution in [0.4, 0.5) is 5.95 Å². The van der Waals surface area contributed by atoms with Gasteiger partial charge in [-0.15, -0.1) is 0 Å². The highest BCUT2D eigenvalue weighted by Crippen LogP contribution is 2.15. The van der Waals surface area contributed by atoms with Gasteiger partial charge in [0.15, 0.2) is 5.82 Å². The Labute approximate surface area is 107 Å². The lowest BCUT2D eigenvalue weighted by Crippen LogP contribution is -2.38. The molecule has 0 radical (unpaired) electrons. The SMILES string of the molecule is CC(C)N(c1nccc(-n2cncn2)n1)C(C)C. The fourth-order valence-electron chi connectivity index (χ4n) is 1.98. The summed E-state index contributed by atoms with van der Waals surface area (Å²) in [4.78, 5) is 15.0. The molecule has 0 aromatic carbocycles. The molecule has 0 bridgehead atoms. The van der Waals surface area contributed by atoms with Crippen LogP contribution in [0.1, 0.15) is 27.7 Å². The van der Waals surface area contributed by atoms with Crippen LogP contribution in [-0.4, -0.2) is 36.8 Å². The van der Waals surface area contributed by atoms with Crippen LogP contribution >= 0.6 is 0 Å². The fraction of sp³-hybridized carbons (Fsp3) is 0.500. The van der Waals surface area contributed by atoms with E-state index in [9.17, 15) is 0 Å². The highest BCUT2D eigenvalue weighted by atomic mass is 15.4. The lowest BCUT2D eigenvalue weighted by molar-refractivity contribution is 0.589. The van der Waals surface area contributed by atoms with E-state index in [0.29, 0.717) is 18.0 Å². The van der Waals surface area contributed by atoms with E-state index in [1.807, 2.05) is 6.07 Å². The average Bonchev–Trinajstić information content (AvgIpc) is 2.81. The minimum Gasteiger partial charge on any atom is -0.336 e. The summed E-state index contributed by atoms with van der Waals surface area (Å²) in [5.41, 5.74) is 0. The van der Waals surface area contributed by atoms with Crippen LogP contribution < -0.4 is 4.90 Å². The van der Waals surface area contributed by atoms with Crippen molar-refractivity contribution in [1.29, 1.82) is 0 Å². The first-order chi connectivity index (χ1) is 8.59. The van der Waals surface area contributed by atoms with Crippen LogP contribution in [0.15, 0.2) is 24.9 Å². The average molecular weight is 246 g/mol. The Bertz CT molecular complexity index is 483. The molecule has 2 aromatic rings. The number of rotatable bonds is 4. The maximum absolute atomic E-state index is 4.53. The van der Waals surface area contributed by atoms with Crippen molar-refractivity contribution in [2.24, 2.45) is 0 Å². The first-order valence-electron chi connectivity index (χ1n) is 6.06. The summed E-state index contributed by atoms with van der Waals surface area (Å²) in [6.45, 7) is 8.52. The number of aromatic nitrogens is 5. The lowest BCUT2D eigenvalue weighted by Gasteiger charge is -2.30. The summed E-state index contributed by atoms with van der Waals surface area (Å²) in [6.07, 6.45) is 4.86. The second kappa shape index (κ2) is 5.12. The topological polar surface area (TPSA) is 59.7 Å².